The Hall–Kier alpha value is -2.30. The molecule has 0 amide bonds. The number of carbonyl (C=O) groups excluding carboxylic acids is 2. The molecule has 1 N–H and O–H groups in total. The van der Waals surface area contributed by atoms with Crippen molar-refractivity contribution in [3.63, 3.8) is 0 Å². The van der Waals surface area contributed by atoms with E-state index in [1.807, 2.05) is 0 Å². The lowest BCUT2D eigenvalue weighted by Crippen LogP contribution is -2.14. The number of hydrogen-bond donors (Lipinski definition) is 1. The van der Waals surface area contributed by atoms with E-state index in [-0.39, 0.29) is 17.2 Å². The minimum Gasteiger partial charge on any atom is -0.508 e. The highest BCUT2D eigenvalue weighted by molar-refractivity contribution is 5.95. The van der Waals surface area contributed by atoms with Gasteiger partial charge in [-0.1, -0.05) is 0 Å². The van der Waals surface area contributed by atoms with Gasteiger partial charge in [0.2, 0.25) is 0 Å². The van der Waals surface area contributed by atoms with E-state index >= 15 is 0 Å². The number of rotatable bonds is 0. The first-order valence-electron chi connectivity index (χ1n) is 4.94. The third-order valence-electron chi connectivity index (χ3n) is 2.55. The first-order chi connectivity index (χ1) is 7.99. The summed E-state index contributed by atoms with van der Waals surface area (Å²) in [6, 6.07) is 1.25. The second kappa shape index (κ2) is 3.93. The van der Waals surface area contributed by atoms with Crippen molar-refractivity contribution in [2.45, 2.75) is 13.8 Å². The summed E-state index contributed by atoms with van der Waals surface area (Å²) in [6.45, 7) is 3.34. The van der Waals surface area contributed by atoms with Crippen LogP contribution in [0.25, 0.3) is 0 Å². The largest absolute Gasteiger partial charge is 0.508 e. The van der Waals surface area contributed by atoms with Crippen molar-refractivity contribution in [3.05, 3.63) is 29.3 Å². The number of phenols is 1. The summed E-state index contributed by atoms with van der Waals surface area (Å²) < 4.78 is 9.98. The Balaban J connectivity index is 2.62. The zero-order chi connectivity index (χ0) is 12.6. The van der Waals surface area contributed by atoms with E-state index in [1.54, 1.807) is 13.8 Å². The van der Waals surface area contributed by atoms with E-state index in [0.29, 0.717) is 11.1 Å². The molecule has 1 aliphatic rings. The molecular formula is C12H10O5. The molecule has 2 rings (SSSR count). The van der Waals surface area contributed by atoms with Gasteiger partial charge >= 0.3 is 11.9 Å². The van der Waals surface area contributed by atoms with Gasteiger partial charge in [-0.05, 0) is 19.4 Å². The van der Waals surface area contributed by atoms with E-state index in [1.165, 1.54) is 6.07 Å². The van der Waals surface area contributed by atoms with Gasteiger partial charge in [-0.2, -0.15) is 0 Å². The van der Waals surface area contributed by atoms with Gasteiger partial charge in [-0.3, -0.25) is 0 Å². The summed E-state index contributed by atoms with van der Waals surface area (Å²) in [6.07, 6.45) is 1.96. The summed E-state index contributed by atoms with van der Waals surface area (Å²) >= 11 is 0. The van der Waals surface area contributed by atoms with Gasteiger partial charge in [0.25, 0.3) is 0 Å². The quantitative estimate of drug-likeness (QED) is 0.542. The summed E-state index contributed by atoms with van der Waals surface area (Å²) in [5.41, 5.74) is 1.12. The third-order valence-corrected chi connectivity index (χ3v) is 2.55. The molecule has 88 valence electrons. The number of ether oxygens (including phenoxy) is 2. The van der Waals surface area contributed by atoms with Crippen LogP contribution in [0.3, 0.4) is 0 Å². The molecule has 1 aromatic carbocycles. The number of esters is 2. The monoisotopic (exact) mass is 234 g/mol. The fourth-order valence-electron chi connectivity index (χ4n) is 1.46. The first-order valence-corrected chi connectivity index (χ1v) is 4.94. The molecule has 17 heavy (non-hydrogen) atoms. The first kappa shape index (κ1) is 11.2. The maximum Gasteiger partial charge on any atom is 0.336 e. The van der Waals surface area contributed by atoms with E-state index < -0.39 is 11.9 Å². The molecule has 5 nitrogen and oxygen atoms in total. The molecule has 0 unspecified atom stereocenters. The van der Waals surface area contributed by atoms with Crippen molar-refractivity contribution in [2.75, 3.05) is 0 Å². The maximum absolute atomic E-state index is 11.3. The Morgan fingerprint density at radius 1 is 1.00 bits per heavy atom. The zero-order valence-electron chi connectivity index (χ0n) is 9.31. The lowest BCUT2D eigenvalue weighted by molar-refractivity contribution is -0.133. The van der Waals surface area contributed by atoms with Crippen LogP contribution in [0.1, 0.15) is 11.1 Å². The topological polar surface area (TPSA) is 72.8 Å². The Bertz CT molecular complexity index is 542. The molecule has 1 aromatic rings. The molecule has 0 saturated heterocycles. The molecule has 0 radical (unpaired) electrons. The standard InChI is InChI=1S/C12H10O5/c1-6-7(2)12-9(5-8(6)13)16-10(14)3-4-11(15)17-12/h3-5,13H,1-2H3/b4-3+. The number of benzene rings is 1. The zero-order valence-corrected chi connectivity index (χ0v) is 9.31. The van der Waals surface area contributed by atoms with Gasteiger partial charge in [-0.15, -0.1) is 0 Å². The summed E-state index contributed by atoms with van der Waals surface area (Å²) in [4.78, 5) is 22.6. The van der Waals surface area contributed by atoms with E-state index in [4.69, 9.17) is 9.47 Å². The lowest BCUT2D eigenvalue weighted by Gasteiger charge is -2.15. The summed E-state index contributed by atoms with van der Waals surface area (Å²) in [5.74, 6) is -1.17. The normalized spacial score (nSPS) is 16.4. The molecular weight excluding hydrogens is 224 g/mol. The van der Waals surface area contributed by atoms with Crippen molar-refractivity contribution < 1.29 is 24.2 Å². The molecule has 0 bridgehead atoms. The highest BCUT2D eigenvalue weighted by Crippen LogP contribution is 2.39. The van der Waals surface area contributed by atoms with Crippen molar-refractivity contribution in [1.82, 2.24) is 0 Å². The van der Waals surface area contributed by atoms with Crippen LogP contribution in [-0.4, -0.2) is 17.0 Å². The Morgan fingerprint density at radius 3 is 2.24 bits per heavy atom. The van der Waals surface area contributed by atoms with Crippen molar-refractivity contribution in [2.24, 2.45) is 0 Å². The molecule has 1 heterocycles. The lowest BCUT2D eigenvalue weighted by atomic mass is 10.1. The van der Waals surface area contributed by atoms with Gasteiger partial charge in [-0.25, -0.2) is 9.59 Å². The number of hydrogen-bond acceptors (Lipinski definition) is 5. The van der Waals surface area contributed by atoms with Gasteiger partial charge < -0.3 is 14.6 Å². The minimum absolute atomic E-state index is 0.0188. The van der Waals surface area contributed by atoms with Crippen LogP contribution < -0.4 is 9.47 Å². The number of fused-ring (bicyclic) bond motifs is 1. The third kappa shape index (κ3) is 1.99. The Morgan fingerprint density at radius 2 is 1.59 bits per heavy atom. The summed E-state index contributed by atoms with van der Waals surface area (Å²) in [5, 5.41) is 9.62. The van der Waals surface area contributed by atoms with Crippen LogP contribution in [0.4, 0.5) is 0 Å². The molecule has 0 saturated carbocycles. The van der Waals surface area contributed by atoms with Gasteiger partial charge in [0.05, 0.1) is 0 Å². The van der Waals surface area contributed by atoms with Crippen LogP contribution in [0.2, 0.25) is 0 Å². The molecule has 0 fully saturated rings. The number of phenolic OH excluding ortho intramolecular Hbond substituents is 1. The maximum atomic E-state index is 11.3. The minimum atomic E-state index is -0.689. The van der Waals surface area contributed by atoms with Crippen molar-refractivity contribution in [3.8, 4) is 17.2 Å². The van der Waals surface area contributed by atoms with Crippen molar-refractivity contribution in [1.29, 1.82) is 0 Å². The SMILES string of the molecule is Cc1c(O)cc2c(c1C)OC(=O)/C=C/C(=O)O2. The molecule has 0 spiro atoms. The fourth-order valence-corrected chi connectivity index (χ4v) is 1.46. The molecule has 1 aliphatic heterocycles. The van der Waals surface area contributed by atoms with Crippen molar-refractivity contribution >= 4 is 11.9 Å². The predicted octanol–water partition coefficient (Wildman–Crippen LogP) is 1.39. The van der Waals surface area contributed by atoms with E-state index in [0.717, 1.165) is 12.2 Å². The fraction of sp³-hybridized carbons (Fsp3) is 0.167. The van der Waals surface area contributed by atoms with Crippen LogP contribution in [-0.2, 0) is 9.59 Å². The van der Waals surface area contributed by atoms with Crippen LogP contribution >= 0.6 is 0 Å². The molecule has 0 atom stereocenters. The molecule has 0 aliphatic carbocycles. The van der Waals surface area contributed by atoms with Crippen LogP contribution in [0.15, 0.2) is 18.2 Å². The van der Waals surface area contributed by atoms with Gasteiger partial charge in [0, 0.05) is 23.8 Å². The number of aromatic hydroxyl groups is 1. The van der Waals surface area contributed by atoms with E-state index in [2.05, 4.69) is 0 Å². The predicted molar refractivity (Wildman–Crippen MR) is 58.0 cm³/mol. The smallest absolute Gasteiger partial charge is 0.336 e. The Kier molecular flexibility index (Phi) is 2.59. The summed E-state index contributed by atoms with van der Waals surface area (Å²) in [7, 11) is 0. The van der Waals surface area contributed by atoms with Crippen LogP contribution in [0.5, 0.6) is 17.2 Å². The number of carbonyl (C=O) groups is 2. The molecule has 0 aromatic heterocycles. The second-order valence-electron chi connectivity index (χ2n) is 3.65. The highest BCUT2D eigenvalue weighted by atomic mass is 16.6. The van der Waals surface area contributed by atoms with Gasteiger partial charge in [0.15, 0.2) is 11.5 Å². The van der Waals surface area contributed by atoms with Crippen LogP contribution in [0, 0.1) is 13.8 Å². The average molecular weight is 234 g/mol. The Labute approximate surface area is 97.3 Å². The highest BCUT2D eigenvalue weighted by Gasteiger charge is 2.20. The van der Waals surface area contributed by atoms with Gasteiger partial charge in [0.1, 0.15) is 5.75 Å². The van der Waals surface area contributed by atoms with E-state index in [9.17, 15) is 14.7 Å². The second-order valence-corrected chi connectivity index (χ2v) is 3.65. The molecule has 5 heteroatoms. The average Bonchev–Trinajstić information content (AvgIpc) is 2.27.